The van der Waals surface area contributed by atoms with Crippen LogP contribution in [0.1, 0.15) is 23.2 Å². The van der Waals surface area contributed by atoms with Crippen LogP contribution in [0, 0.1) is 11.8 Å². The lowest BCUT2D eigenvalue weighted by Gasteiger charge is -2.19. The second-order valence-corrected chi connectivity index (χ2v) is 6.54. The first-order valence-corrected chi connectivity index (χ1v) is 7.70. The lowest BCUT2D eigenvalue weighted by Crippen LogP contribution is -2.31. The van der Waals surface area contributed by atoms with E-state index in [2.05, 4.69) is 15.9 Å². The molecular weight excluding hydrogens is 322 g/mol. The van der Waals surface area contributed by atoms with Gasteiger partial charge in [0.1, 0.15) is 5.75 Å². The highest BCUT2D eigenvalue weighted by molar-refractivity contribution is 9.10. The molecule has 1 aliphatic heterocycles. The van der Waals surface area contributed by atoms with E-state index in [1.54, 1.807) is 19.2 Å². The van der Waals surface area contributed by atoms with Crippen LogP contribution in [0.2, 0.25) is 0 Å². The van der Waals surface area contributed by atoms with Gasteiger partial charge in [-0.2, -0.15) is 0 Å². The number of benzene rings is 1. The van der Waals surface area contributed by atoms with Crippen molar-refractivity contribution in [1.82, 2.24) is 4.90 Å². The molecule has 1 aliphatic carbocycles. The maximum atomic E-state index is 12.6. The molecule has 20 heavy (non-hydrogen) atoms. The topological polar surface area (TPSA) is 49.8 Å². The Morgan fingerprint density at radius 1 is 1.40 bits per heavy atom. The second-order valence-electron chi connectivity index (χ2n) is 5.62. The van der Waals surface area contributed by atoms with Crippen molar-refractivity contribution in [3.05, 3.63) is 28.2 Å². The number of nitrogens with zero attached hydrogens (tertiary/aromatic N) is 1. The highest BCUT2D eigenvalue weighted by atomic mass is 79.9. The summed E-state index contributed by atoms with van der Waals surface area (Å²) in [5.74, 6) is 1.29. The van der Waals surface area contributed by atoms with Crippen molar-refractivity contribution in [2.45, 2.75) is 18.9 Å². The molecule has 5 heteroatoms. The van der Waals surface area contributed by atoms with Gasteiger partial charge in [-0.1, -0.05) is 15.9 Å². The predicted molar refractivity (Wildman–Crippen MR) is 78.8 cm³/mol. The maximum absolute atomic E-state index is 12.6. The largest absolute Gasteiger partial charge is 0.496 e. The summed E-state index contributed by atoms with van der Waals surface area (Å²) in [5, 5.41) is 9.94. The van der Waals surface area contributed by atoms with Crippen molar-refractivity contribution < 1.29 is 14.6 Å². The smallest absolute Gasteiger partial charge is 0.257 e. The molecule has 108 valence electrons. The van der Waals surface area contributed by atoms with Crippen molar-refractivity contribution in [2.24, 2.45) is 11.8 Å². The van der Waals surface area contributed by atoms with E-state index in [0.717, 1.165) is 23.9 Å². The molecule has 1 N–H and O–H groups in total. The Morgan fingerprint density at radius 2 is 2.20 bits per heavy atom. The summed E-state index contributed by atoms with van der Waals surface area (Å²) in [6.07, 6.45) is 1.65. The first-order valence-electron chi connectivity index (χ1n) is 6.91. The Hall–Kier alpha value is -1.07. The molecular formula is C15H18BrNO3. The minimum atomic E-state index is -0.246. The molecule has 2 aliphatic rings. The molecule has 4 nitrogen and oxygen atoms in total. The van der Waals surface area contributed by atoms with E-state index in [9.17, 15) is 9.90 Å². The number of likely N-dealkylation sites (tertiary alicyclic amines) is 1. The van der Waals surface area contributed by atoms with E-state index in [0.29, 0.717) is 23.8 Å². The molecule has 1 saturated carbocycles. The van der Waals surface area contributed by atoms with Gasteiger partial charge in [0, 0.05) is 23.5 Å². The summed E-state index contributed by atoms with van der Waals surface area (Å²) in [4.78, 5) is 14.5. The summed E-state index contributed by atoms with van der Waals surface area (Å²) >= 11 is 3.38. The Kier molecular flexibility index (Phi) is 3.73. The number of rotatable bonds is 2. The number of fused-ring (bicyclic) bond motifs is 1. The van der Waals surface area contributed by atoms with Gasteiger partial charge >= 0.3 is 0 Å². The van der Waals surface area contributed by atoms with E-state index in [1.807, 2.05) is 11.0 Å². The molecule has 1 heterocycles. The Bertz CT molecular complexity index is 534. The molecule has 1 amide bonds. The van der Waals surface area contributed by atoms with Crippen molar-refractivity contribution in [3.63, 3.8) is 0 Å². The number of hydrogen-bond donors (Lipinski definition) is 1. The van der Waals surface area contributed by atoms with E-state index in [1.165, 1.54) is 0 Å². The summed E-state index contributed by atoms with van der Waals surface area (Å²) in [6, 6.07) is 5.44. The van der Waals surface area contributed by atoms with Gasteiger partial charge in [-0.05, 0) is 37.0 Å². The number of methoxy groups -OCH3 is 1. The van der Waals surface area contributed by atoms with E-state index in [4.69, 9.17) is 4.74 Å². The molecule has 1 saturated heterocycles. The third-order valence-electron chi connectivity index (χ3n) is 4.50. The number of amides is 1. The lowest BCUT2D eigenvalue weighted by molar-refractivity contribution is 0.0749. The minimum absolute atomic E-state index is 0.00375. The fourth-order valence-corrected chi connectivity index (χ4v) is 3.75. The Labute approximate surface area is 126 Å². The Balaban J connectivity index is 1.80. The second kappa shape index (κ2) is 5.37. The number of halogens is 1. The molecule has 0 aromatic heterocycles. The third-order valence-corrected chi connectivity index (χ3v) is 4.99. The molecule has 2 fully saturated rings. The van der Waals surface area contributed by atoms with Crippen molar-refractivity contribution >= 4 is 21.8 Å². The summed E-state index contributed by atoms with van der Waals surface area (Å²) in [7, 11) is 1.57. The van der Waals surface area contributed by atoms with Crippen LogP contribution >= 0.6 is 15.9 Å². The van der Waals surface area contributed by atoms with Crippen LogP contribution in [0.3, 0.4) is 0 Å². The SMILES string of the molecule is COc1cc(Br)ccc1C(=O)N1CC2CCC(O)C2C1. The fourth-order valence-electron chi connectivity index (χ4n) is 3.41. The van der Waals surface area contributed by atoms with Gasteiger partial charge in [0.25, 0.3) is 5.91 Å². The van der Waals surface area contributed by atoms with Crippen LogP contribution in [-0.4, -0.2) is 42.2 Å². The van der Waals surface area contributed by atoms with Crippen molar-refractivity contribution in [2.75, 3.05) is 20.2 Å². The normalized spacial score (nSPS) is 28.6. The van der Waals surface area contributed by atoms with Gasteiger partial charge in [-0.25, -0.2) is 0 Å². The molecule has 1 aromatic rings. The van der Waals surface area contributed by atoms with Crippen LogP contribution < -0.4 is 4.74 Å². The average molecular weight is 340 g/mol. The minimum Gasteiger partial charge on any atom is -0.496 e. The summed E-state index contributed by atoms with van der Waals surface area (Å²) < 4.78 is 6.18. The quantitative estimate of drug-likeness (QED) is 0.899. The molecule has 0 bridgehead atoms. The van der Waals surface area contributed by atoms with Crippen LogP contribution in [-0.2, 0) is 0 Å². The number of aliphatic hydroxyl groups is 1. The van der Waals surface area contributed by atoms with Gasteiger partial charge in [-0.15, -0.1) is 0 Å². The molecule has 3 unspecified atom stereocenters. The molecule has 3 rings (SSSR count). The third kappa shape index (κ3) is 2.33. The molecule has 0 radical (unpaired) electrons. The first kappa shape index (κ1) is 13.9. The zero-order valence-corrected chi connectivity index (χ0v) is 13.0. The zero-order chi connectivity index (χ0) is 14.3. The van der Waals surface area contributed by atoms with Gasteiger partial charge in [0.2, 0.25) is 0 Å². The van der Waals surface area contributed by atoms with Crippen LogP contribution in [0.15, 0.2) is 22.7 Å². The monoisotopic (exact) mass is 339 g/mol. The van der Waals surface area contributed by atoms with Gasteiger partial charge in [-0.3, -0.25) is 4.79 Å². The van der Waals surface area contributed by atoms with E-state index in [-0.39, 0.29) is 17.9 Å². The standard InChI is InChI=1S/C15H18BrNO3/c1-20-14-6-10(16)3-4-11(14)15(19)17-7-9-2-5-13(18)12(9)8-17/h3-4,6,9,12-13,18H,2,5,7-8H2,1H3. The average Bonchev–Trinajstić information content (AvgIpc) is 3.00. The number of aliphatic hydroxyl groups excluding tert-OH is 1. The van der Waals surface area contributed by atoms with Crippen LogP contribution in [0.4, 0.5) is 0 Å². The molecule has 3 atom stereocenters. The maximum Gasteiger partial charge on any atom is 0.257 e. The van der Waals surface area contributed by atoms with Crippen LogP contribution in [0.25, 0.3) is 0 Å². The molecule has 0 spiro atoms. The van der Waals surface area contributed by atoms with Gasteiger partial charge in [0.05, 0.1) is 18.8 Å². The first-order chi connectivity index (χ1) is 9.60. The van der Waals surface area contributed by atoms with E-state index < -0.39 is 0 Å². The predicted octanol–water partition coefficient (Wildman–Crippen LogP) is 2.30. The fraction of sp³-hybridized carbons (Fsp3) is 0.533. The van der Waals surface area contributed by atoms with Crippen LogP contribution in [0.5, 0.6) is 5.75 Å². The number of ether oxygens (including phenoxy) is 1. The van der Waals surface area contributed by atoms with E-state index >= 15 is 0 Å². The van der Waals surface area contributed by atoms with Gasteiger partial charge < -0.3 is 14.7 Å². The Morgan fingerprint density at radius 3 is 2.90 bits per heavy atom. The number of hydrogen-bond acceptors (Lipinski definition) is 3. The molecule has 1 aromatic carbocycles. The van der Waals surface area contributed by atoms with Gasteiger partial charge in [0.15, 0.2) is 0 Å². The zero-order valence-electron chi connectivity index (χ0n) is 11.4. The van der Waals surface area contributed by atoms with Crippen molar-refractivity contribution in [3.8, 4) is 5.75 Å². The number of carbonyl (C=O) groups excluding carboxylic acids is 1. The van der Waals surface area contributed by atoms with Crippen molar-refractivity contribution in [1.29, 1.82) is 0 Å². The highest BCUT2D eigenvalue weighted by Crippen LogP contribution is 2.39. The summed E-state index contributed by atoms with van der Waals surface area (Å²) in [6.45, 7) is 1.41. The highest BCUT2D eigenvalue weighted by Gasteiger charge is 2.43. The lowest BCUT2D eigenvalue weighted by atomic mass is 10.00. The number of carbonyl (C=O) groups is 1. The summed E-state index contributed by atoms with van der Waals surface area (Å²) in [5.41, 5.74) is 0.588.